The molecule has 3 atom stereocenters. The number of carboxylic acid groups (broad SMARTS) is 1. The molecular weight excluding hydrogens is 340 g/mol. The number of halogens is 1. The molecule has 4 rings (SSSR count). The first-order chi connectivity index (χ1) is 12.1. The van der Waals surface area contributed by atoms with Crippen LogP contribution in [0.5, 0.6) is 11.5 Å². The van der Waals surface area contributed by atoms with E-state index in [1.54, 1.807) is 0 Å². The average molecular weight is 359 g/mol. The maximum atomic E-state index is 12.2. The fraction of sp³-hybridized carbons (Fsp3) is 0.350. The molecule has 3 unspecified atom stereocenters. The fourth-order valence-corrected chi connectivity index (χ4v) is 4.52. The average Bonchev–Trinajstić information content (AvgIpc) is 3.33. The number of hydrogen-bond acceptors (Lipinski definition) is 3. The summed E-state index contributed by atoms with van der Waals surface area (Å²) in [5.41, 5.74) is 1.13. The van der Waals surface area contributed by atoms with Gasteiger partial charge < -0.3 is 14.6 Å². The summed E-state index contributed by atoms with van der Waals surface area (Å²) in [5.74, 6) is 0.175. The number of carboxylic acids is 1. The summed E-state index contributed by atoms with van der Waals surface area (Å²) >= 11 is 6.38. The van der Waals surface area contributed by atoms with Gasteiger partial charge in [-0.15, -0.1) is 0 Å². The van der Waals surface area contributed by atoms with Crippen LogP contribution in [0.25, 0.3) is 0 Å². The number of carbonyl (C=O) groups is 1. The molecule has 0 radical (unpaired) electrons. The van der Waals surface area contributed by atoms with E-state index in [2.05, 4.69) is 0 Å². The smallest absolute Gasteiger partial charge is 0.310 e. The lowest BCUT2D eigenvalue weighted by Crippen LogP contribution is -2.18. The van der Waals surface area contributed by atoms with E-state index in [9.17, 15) is 9.90 Å². The van der Waals surface area contributed by atoms with E-state index in [1.165, 1.54) is 0 Å². The predicted molar refractivity (Wildman–Crippen MR) is 94.7 cm³/mol. The van der Waals surface area contributed by atoms with Gasteiger partial charge in [0, 0.05) is 11.8 Å². The van der Waals surface area contributed by atoms with Gasteiger partial charge >= 0.3 is 5.97 Å². The minimum Gasteiger partial charge on any atom is -0.486 e. The molecular formula is C20H19ClO4. The molecule has 1 N–H and O–H groups in total. The van der Waals surface area contributed by atoms with Crippen LogP contribution < -0.4 is 9.47 Å². The summed E-state index contributed by atoms with van der Waals surface area (Å²) < 4.78 is 11.2. The summed E-state index contributed by atoms with van der Waals surface area (Å²) in [6.07, 6.45) is 0.554. The molecule has 0 saturated heterocycles. The third-order valence-corrected chi connectivity index (χ3v) is 5.74. The molecule has 2 aromatic rings. The highest BCUT2D eigenvalue weighted by molar-refractivity contribution is 6.32. The number of ether oxygens (including phenoxy) is 2. The van der Waals surface area contributed by atoms with Crippen molar-refractivity contribution in [3.05, 3.63) is 58.6 Å². The van der Waals surface area contributed by atoms with Gasteiger partial charge in [-0.2, -0.15) is 0 Å². The van der Waals surface area contributed by atoms with Gasteiger partial charge in [-0.05, 0) is 29.7 Å². The third kappa shape index (κ3) is 2.39. The second-order valence-electron chi connectivity index (χ2n) is 6.59. The second-order valence-corrected chi connectivity index (χ2v) is 7.00. The van der Waals surface area contributed by atoms with Crippen LogP contribution in [0.15, 0.2) is 42.5 Å². The zero-order valence-corrected chi connectivity index (χ0v) is 14.6. The van der Waals surface area contributed by atoms with Gasteiger partial charge in [0.25, 0.3) is 0 Å². The highest BCUT2D eigenvalue weighted by Gasteiger charge is 2.69. The van der Waals surface area contributed by atoms with Crippen molar-refractivity contribution in [2.24, 2.45) is 5.41 Å². The minimum atomic E-state index is -0.811. The molecule has 0 amide bonds. The van der Waals surface area contributed by atoms with Crippen molar-refractivity contribution >= 4 is 17.6 Å². The zero-order chi connectivity index (χ0) is 17.6. The van der Waals surface area contributed by atoms with Crippen LogP contribution in [0.4, 0.5) is 0 Å². The number of fused-ring (bicyclic) bond motifs is 1. The van der Waals surface area contributed by atoms with Crippen LogP contribution in [0.3, 0.4) is 0 Å². The van der Waals surface area contributed by atoms with Gasteiger partial charge in [0.1, 0.15) is 13.2 Å². The Morgan fingerprint density at radius 3 is 2.52 bits per heavy atom. The summed E-state index contributed by atoms with van der Waals surface area (Å²) in [5, 5.41) is 10.5. The molecule has 1 saturated carbocycles. The van der Waals surface area contributed by atoms with Gasteiger partial charge in [-0.25, -0.2) is 0 Å². The Kier molecular flexibility index (Phi) is 3.88. The first-order valence-electron chi connectivity index (χ1n) is 8.47. The van der Waals surface area contributed by atoms with Gasteiger partial charge in [0.15, 0.2) is 11.5 Å². The van der Waals surface area contributed by atoms with E-state index in [0.29, 0.717) is 36.2 Å². The lowest BCUT2D eigenvalue weighted by atomic mass is 9.94. The molecule has 1 heterocycles. The largest absolute Gasteiger partial charge is 0.486 e. The normalized spacial score (nSPS) is 27.0. The van der Waals surface area contributed by atoms with Gasteiger partial charge in [0.05, 0.1) is 10.4 Å². The molecule has 0 aromatic heterocycles. The van der Waals surface area contributed by atoms with Crippen LogP contribution in [0, 0.1) is 5.41 Å². The Morgan fingerprint density at radius 2 is 1.84 bits per heavy atom. The van der Waals surface area contributed by atoms with Crippen LogP contribution in [0.2, 0.25) is 5.02 Å². The standard InChI is InChI=1S/C20H19ClO4/c1-2-20(19(22)23)16(12-6-4-3-5-7-12)17(20)13-10-14(21)18-15(11-13)24-8-9-25-18/h3-7,10-11,16-17H,2,8-9H2,1H3,(H,22,23). The van der Waals surface area contributed by atoms with Gasteiger partial charge in [-0.3, -0.25) is 4.79 Å². The van der Waals surface area contributed by atoms with E-state index in [4.69, 9.17) is 21.1 Å². The van der Waals surface area contributed by atoms with Crippen molar-refractivity contribution in [3.63, 3.8) is 0 Å². The Hall–Kier alpha value is -2.20. The van der Waals surface area contributed by atoms with Crippen LogP contribution >= 0.6 is 11.6 Å². The monoisotopic (exact) mass is 358 g/mol. The molecule has 4 nitrogen and oxygen atoms in total. The van der Waals surface area contributed by atoms with Crippen molar-refractivity contribution in [2.45, 2.75) is 25.2 Å². The Labute approximate surface area is 151 Å². The number of benzene rings is 2. The Balaban J connectivity index is 1.80. The van der Waals surface area contributed by atoms with Crippen molar-refractivity contribution in [2.75, 3.05) is 13.2 Å². The molecule has 130 valence electrons. The van der Waals surface area contributed by atoms with Crippen molar-refractivity contribution < 1.29 is 19.4 Å². The Morgan fingerprint density at radius 1 is 1.16 bits per heavy atom. The summed E-state index contributed by atoms with van der Waals surface area (Å²) in [6.45, 7) is 2.87. The van der Waals surface area contributed by atoms with E-state index >= 15 is 0 Å². The lowest BCUT2D eigenvalue weighted by Gasteiger charge is -2.20. The summed E-state index contributed by atoms with van der Waals surface area (Å²) in [7, 11) is 0. The molecule has 1 fully saturated rings. The summed E-state index contributed by atoms with van der Waals surface area (Å²) in [6, 6.07) is 13.6. The molecule has 25 heavy (non-hydrogen) atoms. The first-order valence-corrected chi connectivity index (χ1v) is 8.84. The predicted octanol–water partition coefficient (Wildman–Crippen LogP) is 4.47. The van der Waals surface area contributed by atoms with Crippen molar-refractivity contribution in [1.29, 1.82) is 0 Å². The lowest BCUT2D eigenvalue weighted by molar-refractivity contribution is -0.143. The van der Waals surface area contributed by atoms with Crippen LogP contribution in [-0.4, -0.2) is 24.3 Å². The highest BCUT2D eigenvalue weighted by Crippen LogP contribution is 2.72. The second kappa shape index (κ2) is 5.95. The molecule has 0 bridgehead atoms. The maximum Gasteiger partial charge on any atom is 0.310 e. The van der Waals surface area contributed by atoms with E-state index in [0.717, 1.165) is 11.1 Å². The van der Waals surface area contributed by atoms with E-state index < -0.39 is 11.4 Å². The summed E-state index contributed by atoms with van der Waals surface area (Å²) in [4.78, 5) is 12.2. The quantitative estimate of drug-likeness (QED) is 0.875. The van der Waals surface area contributed by atoms with Gasteiger partial charge in [-0.1, -0.05) is 48.9 Å². The zero-order valence-electron chi connectivity index (χ0n) is 13.9. The first kappa shape index (κ1) is 16.3. The molecule has 0 spiro atoms. The van der Waals surface area contributed by atoms with Crippen molar-refractivity contribution in [3.8, 4) is 11.5 Å². The molecule has 2 aromatic carbocycles. The fourth-order valence-electron chi connectivity index (χ4n) is 4.25. The number of rotatable bonds is 4. The minimum absolute atomic E-state index is 0.0742. The maximum absolute atomic E-state index is 12.2. The molecule has 2 aliphatic rings. The topological polar surface area (TPSA) is 55.8 Å². The van der Waals surface area contributed by atoms with Gasteiger partial charge in [0.2, 0.25) is 0 Å². The Bertz CT molecular complexity index is 820. The molecule has 1 aliphatic heterocycles. The molecule has 1 aliphatic carbocycles. The highest BCUT2D eigenvalue weighted by atomic mass is 35.5. The van der Waals surface area contributed by atoms with Crippen LogP contribution in [-0.2, 0) is 4.79 Å². The number of hydrogen-bond donors (Lipinski definition) is 1. The van der Waals surface area contributed by atoms with E-state index in [-0.39, 0.29) is 11.8 Å². The molecule has 5 heteroatoms. The number of aliphatic carboxylic acids is 1. The third-order valence-electron chi connectivity index (χ3n) is 5.45. The van der Waals surface area contributed by atoms with Crippen molar-refractivity contribution in [1.82, 2.24) is 0 Å². The van der Waals surface area contributed by atoms with E-state index in [1.807, 2.05) is 49.4 Å². The SMILES string of the molecule is CCC1(C(=O)O)C(c2ccccc2)C1c1cc(Cl)c2c(c1)OCCO2. The van der Waals surface area contributed by atoms with Crippen LogP contribution in [0.1, 0.15) is 36.3 Å².